The molecule has 0 amide bonds. The van der Waals surface area contributed by atoms with Crippen LogP contribution < -0.4 is 5.56 Å². The fourth-order valence-corrected chi connectivity index (χ4v) is 4.17. The van der Waals surface area contributed by atoms with Crippen molar-refractivity contribution in [2.24, 2.45) is 5.92 Å². The van der Waals surface area contributed by atoms with Crippen molar-refractivity contribution in [3.63, 3.8) is 0 Å². The van der Waals surface area contributed by atoms with E-state index in [0.717, 1.165) is 55.5 Å². The van der Waals surface area contributed by atoms with Gasteiger partial charge in [-0.2, -0.15) is 0 Å². The van der Waals surface area contributed by atoms with E-state index in [0.29, 0.717) is 5.92 Å². The fourth-order valence-electron chi connectivity index (χ4n) is 4.17. The first-order valence-corrected chi connectivity index (χ1v) is 9.67. The molecule has 0 unspecified atom stereocenters. The first-order valence-electron chi connectivity index (χ1n) is 9.67. The number of hydrogen-bond acceptors (Lipinski definition) is 4. The van der Waals surface area contributed by atoms with Crippen molar-refractivity contribution in [3.05, 3.63) is 58.9 Å². The summed E-state index contributed by atoms with van der Waals surface area (Å²) in [7, 11) is 0. The topological polar surface area (TPSA) is 61.9 Å². The number of nitrogens with zero attached hydrogens (tertiary/aromatic N) is 3. The zero-order valence-electron chi connectivity index (χ0n) is 15.1. The molecule has 3 heterocycles. The Bertz CT molecular complexity index is 814. The normalized spacial score (nSPS) is 23.8. The number of rotatable bonds is 4. The molecule has 0 aromatic carbocycles. The minimum atomic E-state index is -0.0728. The summed E-state index contributed by atoms with van der Waals surface area (Å²) in [5, 5.41) is 0. The lowest BCUT2D eigenvalue weighted by molar-refractivity contribution is 0.171. The lowest BCUT2D eigenvalue weighted by Crippen LogP contribution is -2.38. The molecule has 4 rings (SSSR count). The number of pyridine rings is 1. The van der Waals surface area contributed by atoms with Gasteiger partial charge >= 0.3 is 0 Å². The zero-order valence-corrected chi connectivity index (χ0v) is 15.1. The summed E-state index contributed by atoms with van der Waals surface area (Å²) >= 11 is 0. The van der Waals surface area contributed by atoms with Gasteiger partial charge in [-0.3, -0.25) is 9.78 Å². The molecule has 1 fully saturated rings. The Morgan fingerprint density at radius 3 is 2.88 bits per heavy atom. The van der Waals surface area contributed by atoms with Gasteiger partial charge in [0, 0.05) is 43.0 Å². The Balaban J connectivity index is 1.50. The van der Waals surface area contributed by atoms with E-state index >= 15 is 0 Å². The molecule has 136 valence electrons. The van der Waals surface area contributed by atoms with Gasteiger partial charge in [0.2, 0.25) is 0 Å². The lowest BCUT2D eigenvalue weighted by Gasteiger charge is -2.35. The molecule has 5 heteroatoms. The van der Waals surface area contributed by atoms with Crippen molar-refractivity contribution >= 4 is 0 Å². The van der Waals surface area contributed by atoms with Crippen molar-refractivity contribution in [1.82, 2.24) is 19.9 Å². The molecule has 0 radical (unpaired) electrons. The molecular formula is C21H26N4O. The number of hydrogen-bond donors (Lipinski definition) is 1. The van der Waals surface area contributed by atoms with Crippen molar-refractivity contribution in [2.45, 2.75) is 38.0 Å². The summed E-state index contributed by atoms with van der Waals surface area (Å²) in [5.41, 5.74) is 1.60. The zero-order chi connectivity index (χ0) is 17.8. The average molecular weight is 350 g/mol. The van der Waals surface area contributed by atoms with Gasteiger partial charge in [0.1, 0.15) is 5.82 Å². The molecule has 1 N–H and O–H groups in total. The van der Waals surface area contributed by atoms with Crippen LogP contribution in [-0.2, 0) is 0 Å². The Morgan fingerprint density at radius 1 is 1.19 bits per heavy atom. The molecule has 5 nitrogen and oxygen atoms in total. The van der Waals surface area contributed by atoms with Gasteiger partial charge in [0.25, 0.3) is 5.56 Å². The number of H-pyrrole nitrogens is 1. The molecule has 0 saturated carbocycles. The van der Waals surface area contributed by atoms with Crippen LogP contribution in [0.4, 0.5) is 0 Å². The Morgan fingerprint density at radius 2 is 2.08 bits per heavy atom. The third kappa shape index (κ3) is 4.10. The molecule has 1 aliphatic heterocycles. The van der Waals surface area contributed by atoms with Gasteiger partial charge in [0.15, 0.2) is 0 Å². The van der Waals surface area contributed by atoms with Gasteiger partial charge in [0.05, 0.1) is 5.69 Å². The maximum absolute atomic E-state index is 12.2. The number of aromatic amines is 1. The molecule has 0 spiro atoms. The van der Waals surface area contributed by atoms with Crippen molar-refractivity contribution in [2.75, 3.05) is 19.6 Å². The van der Waals surface area contributed by atoms with Gasteiger partial charge in [-0.05, 0) is 56.7 Å². The Kier molecular flexibility index (Phi) is 5.25. The summed E-state index contributed by atoms with van der Waals surface area (Å²) in [6, 6.07) is 5.37. The summed E-state index contributed by atoms with van der Waals surface area (Å²) in [4.78, 5) is 26.6. The minimum Gasteiger partial charge on any atom is -0.310 e. The van der Waals surface area contributed by atoms with E-state index in [1.165, 1.54) is 19.3 Å². The van der Waals surface area contributed by atoms with Crippen LogP contribution in [0.15, 0.2) is 47.5 Å². The van der Waals surface area contributed by atoms with E-state index in [4.69, 9.17) is 4.98 Å². The molecule has 1 aliphatic carbocycles. The van der Waals surface area contributed by atoms with E-state index in [9.17, 15) is 4.79 Å². The quantitative estimate of drug-likeness (QED) is 0.859. The molecule has 1 saturated heterocycles. The molecule has 2 atom stereocenters. The molecular weight excluding hydrogens is 324 g/mol. The monoisotopic (exact) mass is 350 g/mol. The maximum Gasteiger partial charge on any atom is 0.251 e. The van der Waals surface area contributed by atoms with E-state index in [2.05, 4.69) is 27.0 Å². The van der Waals surface area contributed by atoms with E-state index in [1.54, 1.807) is 18.5 Å². The number of nitrogens with one attached hydrogen (secondary N) is 1. The molecule has 2 aromatic rings. The summed E-state index contributed by atoms with van der Waals surface area (Å²) < 4.78 is 0. The third-order valence-electron chi connectivity index (χ3n) is 5.52. The predicted octanol–water partition coefficient (Wildman–Crippen LogP) is 3.37. The molecule has 26 heavy (non-hydrogen) atoms. The highest BCUT2D eigenvalue weighted by atomic mass is 16.1. The van der Waals surface area contributed by atoms with E-state index < -0.39 is 0 Å². The van der Waals surface area contributed by atoms with Crippen LogP contribution in [-0.4, -0.2) is 39.5 Å². The second kappa shape index (κ2) is 7.96. The first kappa shape index (κ1) is 17.2. The van der Waals surface area contributed by atoms with Gasteiger partial charge in [-0.1, -0.05) is 12.2 Å². The van der Waals surface area contributed by atoms with Crippen molar-refractivity contribution in [3.8, 4) is 11.3 Å². The average Bonchev–Trinajstić information content (AvgIpc) is 2.69. The van der Waals surface area contributed by atoms with Gasteiger partial charge < -0.3 is 9.88 Å². The number of likely N-dealkylation sites (tertiary alicyclic amines) is 1. The van der Waals surface area contributed by atoms with Crippen LogP contribution in [0.25, 0.3) is 11.3 Å². The fraction of sp³-hybridized carbons (Fsp3) is 0.476. The van der Waals surface area contributed by atoms with Crippen LogP contribution in [0.2, 0.25) is 0 Å². The summed E-state index contributed by atoms with van der Waals surface area (Å²) in [5.74, 6) is 1.91. The maximum atomic E-state index is 12.2. The standard InChI is InChI=1S/C21H26N4O/c26-20-13-19(17-8-10-22-11-9-17)23-21(24-20)18-7-4-12-25(15-18)14-16-5-2-1-3-6-16/h1-2,8-11,13,16,18H,3-7,12,14-15H2,(H,23,24,26)/t16-,18-/m0/s1. The van der Waals surface area contributed by atoms with Crippen molar-refractivity contribution in [1.29, 1.82) is 0 Å². The van der Waals surface area contributed by atoms with Gasteiger partial charge in [-0.25, -0.2) is 4.98 Å². The Labute approximate surface area is 154 Å². The number of aromatic nitrogens is 3. The molecule has 0 bridgehead atoms. The van der Waals surface area contributed by atoms with E-state index in [1.807, 2.05) is 12.1 Å². The van der Waals surface area contributed by atoms with E-state index in [-0.39, 0.29) is 5.56 Å². The number of piperidine rings is 1. The highest BCUT2D eigenvalue weighted by molar-refractivity contribution is 5.57. The molecule has 2 aromatic heterocycles. The van der Waals surface area contributed by atoms with Gasteiger partial charge in [-0.15, -0.1) is 0 Å². The predicted molar refractivity (Wildman–Crippen MR) is 103 cm³/mol. The highest BCUT2D eigenvalue weighted by Gasteiger charge is 2.25. The van der Waals surface area contributed by atoms with Crippen LogP contribution >= 0.6 is 0 Å². The van der Waals surface area contributed by atoms with Crippen LogP contribution in [0.5, 0.6) is 0 Å². The highest BCUT2D eigenvalue weighted by Crippen LogP contribution is 2.27. The SMILES string of the molecule is O=c1cc(-c2ccncc2)nc([C@H]2CCCN(C[C@H]3CC=CCC3)C2)[nH]1. The largest absolute Gasteiger partial charge is 0.310 e. The second-order valence-corrected chi connectivity index (χ2v) is 7.50. The smallest absolute Gasteiger partial charge is 0.251 e. The Hall–Kier alpha value is -2.27. The van der Waals surface area contributed by atoms with Crippen molar-refractivity contribution < 1.29 is 0 Å². The molecule has 2 aliphatic rings. The van der Waals surface area contributed by atoms with Crippen LogP contribution in [0.1, 0.15) is 43.8 Å². The van der Waals surface area contributed by atoms with Crippen LogP contribution in [0.3, 0.4) is 0 Å². The minimum absolute atomic E-state index is 0.0728. The summed E-state index contributed by atoms with van der Waals surface area (Å²) in [6.45, 7) is 3.31. The first-order chi connectivity index (χ1) is 12.8. The summed E-state index contributed by atoms with van der Waals surface area (Å²) in [6.07, 6.45) is 14.1. The third-order valence-corrected chi connectivity index (χ3v) is 5.52. The lowest BCUT2D eigenvalue weighted by atomic mass is 9.91. The second-order valence-electron chi connectivity index (χ2n) is 7.50. The van der Waals surface area contributed by atoms with Crippen LogP contribution in [0, 0.1) is 5.92 Å². The number of allylic oxidation sites excluding steroid dienone is 2.